The quantitative estimate of drug-likeness (QED) is 0.873. The first-order valence-electron chi connectivity index (χ1n) is 10.2. The number of carbonyl (C=O) groups excluding carboxylic acids is 1. The van der Waals surface area contributed by atoms with Gasteiger partial charge in [0.2, 0.25) is 0 Å². The fraction of sp³-hybridized carbons (Fsp3) is 0.522. The van der Waals surface area contributed by atoms with E-state index in [4.69, 9.17) is 4.74 Å². The zero-order chi connectivity index (χ0) is 19.9. The Balaban J connectivity index is 1.51. The van der Waals surface area contributed by atoms with Crippen LogP contribution in [0.15, 0.2) is 42.5 Å². The molecule has 0 aromatic heterocycles. The standard InChI is InChI=1S/C23H30N2O3/c1-22(2,3)28-21(26)25-14-12-24(13-15-25)20(23(27)10-11-23)19-9-8-17-6-4-5-7-18(17)16-19/h4-9,16,20,27H,10-15H2,1-3H3. The van der Waals surface area contributed by atoms with Crippen LogP contribution in [0.4, 0.5) is 4.79 Å². The molecule has 1 heterocycles. The van der Waals surface area contributed by atoms with Crippen molar-refractivity contribution in [1.29, 1.82) is 0 Å². The molecule has 150 valence electrons. The van der Waals surface area contributed by atoms with E-state index in [9.17, 15) is 9.90 Å². The third-order valence-corrected chi connectivity index (χ3v) is 5.69. The molecule has 4 rings (SSSR count). The van der Waals surface area contributed by atoms with E-state index in [1.165, 1.54) is 10.8 Å². The van der Waals surface area contributed by atoms with Gasteiger partial charge >= 0.3 is 6.09 Å². The van der Waals surface area contributed by atoms with Crippen LogP contribution in [-0.2, 0) is 4.74 Å². The third-order valence-electron chi connectivity index (χ3n) is 5.69. The zero-order valence-electron chi connectivity index (χ0n) is 17.0. The van der Waals surface area contributed by atoms with Crippen LogP contribution in [0.1, 0.15) is 45.2 Å². The number of fused-ring (bicyclic) bond motifs is 1. The molecule has 2 aliphatic rings. The fourth-order valence-corrected chi connectivity index (χ4v) is 4.13. The highest BCUT2D eigenvalue weighted by atomic mass is 16.6. The second-order valence-corrected chi connectivity index (χ2v) is 9.12. The number of aliphatic hydroxyl groups is 1. The Bertz CT molecular complexity index is 862. The molecule has 28 heavy (non-hydrogen) atoms. The molecule has 1 saturated heterocycles. The Kier molecular flexibility index (Phi) is 4.84. The first-order chi connectivity index (χ1) is 13.3. The average molecular weight is 383 g/mol. The predicted molar refractivity (Wildman–Crippen MR) is 110 cm³/mol. The van der Waals surface area contributed by atoms with Crippen LogP contribution < -0.4 is 0 Å². The average Bonchev–Trinajstić information content (AvgIpc) is 3.39. The van der Waals surface area contributed by atoms with Crippen molar-refractivity contribution in [2.45, 2.75) is 50.9 Å². The normalized spacial score (nSPS) is 20.8. The van der Waals surface area contributed by atoms with Crippen LogP contribution in [-0.4, -0.2) is 58.4 Å². The molecule has 1 N–H and O–H groups in total. The van der Waals surface area contributed by atoms with Crippen molar-refractivity contribution in [2.24, 2.45) is 0 Å². The first-order valence-corrected chi connectivity index (χ1v) is 10.2. The van der Waals surface area contributed by atoms with Gasteiger partial charge in [-0.3, -0.25) is 4.90 Å². The van der Waals surface area contributed by atoms with E-state index in [-0.39, 0.29) is 12.1 Å². The summed E-state index contributed by atoms with van der Waals surface area (Å²) in [7, 11) is 0. The lowest BCUT2D eigenvalue weighted by atomic mass is 9.94. The molecular weight excluding hydrogens is 352 g/mol. The summed E-state index contributed by atoms with van der Waals surface area (Å²) in [5, 5.41) is 13.5. The molecule has 5 heteroatoms. The molecule has 1 saturated carbocycles. The molecule has 2 fully saturated rings. The largest absolute Gasteiger partial charge is 0.444 e. The maximum Gasteiger partial charge on any atom is 0.410 e. The van der Waals surface area contributed by atoms with E-state index < -0.39 is 11.2 Å². The summed E-state index contributed by atoms with van der Waals surface area (Å²) in [6.07, 6.45) is 1.41. The van der Waals surface area contributed by atoms with Crippen molar-refractivity contribution >= 4 is 16.9 Å². The van der Waals surface area contributed by atoms with Crippen molar-refractivity contribution in [3.8, 4) is 0 Å². The fourth-order valence-electron chi connectivity index (χ4n) is 4.13. The van der Waals surface area contributed by atoms with Gasteiger partial charge in [0.05, 0.1) is 11.6 Å². The molecule has 0 radical (unpaired) electrons. The summed E-state index contributed by atoms with van der Waals surface area (Å²) in [5.41, 5.74) is 0.0195. The van der Waals surface area contributed by atoms with Gasteiger partial charge in [0, 0.05) is 26.2 Å². The smallest absolute Gasteiger partial charge is 0.410 e. The highest BCUT2D eigenvalue weighted by Gasteiger charge is 2.51. The molecule has 1 unspecified atom stereocenters. The lowest BCUT2D eigenvalue weighted by Gasteiger charge is -2.41. The lowest BCUT2D eigenvalue weighted by Crippen LogP contribution is -2.52. The van der Waals surface area contributed by atoms with E-state index in [1.54, 1.807) is 4.90 Å². The summed E-state index contributed by atoms with van der Waals surface area (Å²) >= 11 is 0. The van der Waals surface area contributed by atoms with Crippen LogP contribution >= 0.6 is 0 Å². The molecule has 1 aliphatic carbocycles. The SMILES string of the molecule is CC(C)(C)OC(=O)N1CCN(C(c2ccc3ccccc3c2)C2(O)CC2)CC1. The molecule has 1 amide bonds. The molecule has 2 aromatic carbocycles. The number of hydrogen-bond donors (Lipinski definition) is 1. The summed E-state index contributed by atoms with van der Waals surface area (Å²) < 4.78 is 5.50. The maximum absolute atomic E-state index is 12.4. The van der Waals surface area contributed by atoms with Crippen molar-refractivity contribution < 1.29 is 14.6 Å². The summed E-state index contributed by atoms with van der Waals surface area (Å²) in [6, 6.07) is 14.8. The van der Waals surface area contributed by atoms with E-state index in [0.29, 0.717) is 13.1 Å². The summed E-state index contributed by atoms with van der Waals surface area (Å²) in [6.45, 7) is 8.38. The molecule has 1 atom stereocenters. The second-order valence-electron chi connectivity index (χ2n) is 9.12. The van der Waals surface area contributed by atoms with Crippen LogP contribution in [0.25, 0.3) is 10.8 Å². The van der Waals surface area contributed by atoms with Gasteiger partial charge in [-0.2, -0.15) is 0 Å². The number of benzene rings is 2. The molecule has 2 aromatic rings. The minimum absolute atomic E-state index is 0.0297. The van der Waals surface area contributed by atoms with Gasteiger partial charge < -0.3 is 14.7 Å². The Hall–Kier alpha value is -2.11. The van der Waals surface area contributed by atoms with Gasteiger partial charge in [-0.1, -0.05) is 36.4 Å². The maximum atomic E-state index is 12.4. The topological polar surface area (TPSA) is 53.0 Å². The lowest BCUT2D eigenvalue weighted by molar-refractivity contribution is -0.0129. The molecule has 1 aliphatic heterocycles. The van der Waals surface area contributed by atoms with E-state index in [2.05, 4.69) is 35.2 Å². The number of ether oxygens (including phenoxy) is 1. The molecular formula is C23H30N2O3. The summed E-state index contributed by atoms with van der Waals surface area (Å²) in [5.74, 6) is 0. The van der Waals surface area contributed by atoms with E-state index in [1.807, 2.05) is 32.9 Å². The summed E-state index contributed by atoms with van der Waals surface area (Å²) in [4.78, 5) is 16.5. The number of piperazine rings is 1. The van der Waals surface area contributed by atoms with Crippen molar-refractivity contribution in [3.05, 3.63) is 48.0 Å². The van der Waals surface area contributed by atoms with Crippen molar-refractivity contribution in [2.75, 3.05) is 26.2 Å². The second kappa shape index (κ2) is 7.05. The molecule has 0 spiro atoms. The van der Waals surface area contributed by atoms with E-state index >= 15 is 0 Å². The number of nitrogens with zero attached hydrogens (tertiary/aromatic N) is 2. The molecule has 5 nitrogen and oxygen atoms in total. The Labute approximate surface area is 166 Å². The Morgan fingerprint density at radius 1 is 1.04 bits per heavy atom. The Morgan fingerprint density at radius 3 is 2.29 bits per heavy atom. The van der Waals surface area contributed by atoms with Gasteiger partial charge in [0.1, 0.15) is 5.60 Å². The van der Waals surface area contributed by atoms with Gasteiger partial charge in [0.25, 0.3) is 0 Å². The monoisotopic (exact) mass is 382 g/mol. The zero-order valence-corrected chi connectivity index (χ0v) is 17.0. The predicted octanol–water partition coefficient (Wildman–Crippen LogP) is 3.96. The number of amides is 1. The van der Waals surface area contributed by atoms with E-state index in [0.717, 1.165) is 31.5 Å². The van der Waals surface area contributed by atoms with Crippen LogP contribution in [0.3, 0.4) is 0 Å². The molecule has 0 bridgehead atoms. The minimum Gasteiger partial charge on any atom is -0.444 e. The highest BCUT2D eigenvalue weighted by molar-refractivity contribution is 5.83. The van der Waals surface area contributed by atoms with Crippen LogP contribution in [0.2, 0.25) is 0 Å². The number of hydrogen-bond acceptors (Lipinski definition) is 4. The van der Waals surface area contributed by atoms with Gasteiger partial charge in [-0.15, -0.1) is 0 Å². The van der Waals surface area contributed by atoms with Gasteiger partial charge in [-0.25, -0.2) is 4.79 Å². The van der Waals surface area contributed by atoms with Crippen molar-refractivity contribution in [3.63, 3.8) is 0 Å². The minimum atomic E-state index is -0.656. The van der Waals surface area contributed by atoms with Gasteiger partial charge in [-0.05, 0) is 56.0 Å². The van der Waals surface area contributed by atoms with Crippen molar-refractivity contribution in [1.82, 2.24) is 9.80 Å². The van der Waals surface area contributed by atoms with Gasteiger partial charge in [0.15, 0.2) is 0 Å². The number of carbonyl (C=O) groups is 1. The Morgan fingerprint density at radius 2 is 1.68 bits per heavy atom. The number of rotatable bonds is 3. The highest BCUT2D eigenvalue weighted by Crippen LogP contribution is 2.49. The first kappa shape index (κ1) is 19.2. The third kappa shape index (κ3) is 4.01. The van der Waals surface area contributed by atoms with Crippen LogP contribution in [0.5, 0.6) is 0 Å². The van der Waals surface area contributed by atoms with Crippen LogP contribution in [0, 0.1) is 0 Å².